The highest BCUT2D eigenvalue weighted by molar-refractivity contribution is 7.80. The maximum atomic E-state index is 6.28. The fourth-order valence-electron chi connectivity index (χ4n) is 2.20. The second-order valence-electron chi connectivity index (χ2n) is 5.12. The third-order valence-electron chi connectivity index (χ3n) is 3.61. The Morgan fingerprint density at radius 3 is 2.70 bits per heavy atom. The van der Waals surface area contributed by atoms with Crippen LogP contribution in [0.15, 0.2) is 36.4 Å². The molecule has 0 heterocycles. The van der Waals surface area contributed by atoms with Gasteiger partial charge in [-0.3, -0.25) is 0 Å². The maximum Gasteiger partial charge on any atom is 0.260 e. The molecule has 0 radical (unpaired) electrons. The molecule has 0 aliphatic heterocycles. The number of thiocarbonyl (C=S) groups is 1. The fourth-order valence-corrected chi connectivity index (χ4v) is 2.57. The van der Waals surface area contributed by atoms with Crippen LogP contribution in [0.1, 0.15) is 23.6 Å². The highest BCUT2D eigenvalue weighted by Crippen LogP contribution is 2.28. The number of hydrogen-bond donors (Lipinski definition) is 1. The van der Waals surface area contributed by atoms with Crippen molar-refractivity contribution < 1.29 is 9.47 Å². The summed E-state index contributed by atoms with van der Waals surface area (Å²) in [6.07, 6.45) is 0.945. The first-order valence-corrected chi connectivity index (χ1v) is 8.18. The molecule has 0 fully saturated rings. The lowest BCUT2D eigenvalue weighted by atomic mass is 10.1. The Kier molecular flexibility index (Phi) is 6.25. The van der Waals surface area contributed by atoms with Crippen molar-refractivity contribution in [3.05, 3.63) is 58.1 Å². The van der Waals surface area contributed by atoms with Crippen LogP contribution < -0.4 is 10.1 Å². The molecule has 2 aromatic rings. The fraction of sp³-hybridized carbons (Fsp3) is 0.278. The second-order valence-corrected chi connectivity index (χ2v) is 5.90. The summed E-state index contributed by atoms with van der Waals surface area (Å²) in [4.78, 5) is 0. The molecular weight excluding hydrogens is 330 g/mol. The molecule has 0 aliphatic carbocycles. The molecule has 0 atom stereocenters. The van der Waals surface area contributed by atoms with Gasteiger partial charge in [0.1, 0.15) is 12.4 Å². The summed E-state index contributed by atoms with van der Waals surface area (Å²) in [7, 11) is 1.54. The van der Waals surface area contributed by atoms with Crippen LogP contribution in [-0.2, 0) is 17.8 Å². The first-order chi connectivity index (χ1) is 11.0. The van der Waals surface area contributed by atoms with Crippen LogP contribution in [-0.4, -0.2) is 12.3 Å². The Hall–Kier alpha value is -1.78. The largest absolute Gasteiger partial charge is 0.487 e. The van der Waals surface area contributed by atoms with Crippen LogP contribution in [0.2, 0.25) is 5.02 Å². The van der Waals surface area contributed by atoms with Gasteiger partial charge in [-0.25, -0.2) is 0 Å². The molecule has 2 rings (SSSR count). The van der Waals surface area contributed by atoms with Gasteiger partial charge in [-0.15, -0.1) is 0 Å². The molecule has 0 aliphatic rings. The van der Waals surface area contributed by atoms with Crippen LogP contribution in [0, 0.1) is 6.92 Å². The van der Waals surface area contributed by atoms with Crippen molar-refractivity contribution in [2.45, 2.75) is 26.9 Å². The van der Waals surface area contributed by atoms with E-state index in [1.807, 2.05) is 43.3 Å². The Balaban J connectivity index is 2.18. The van der Waals surface area contributed by atoms with E-state index in [9.17, 15) is 0 Å². The summed E-state index contributed by atoms with van der Waals surface area (Å²) in [6, 6.07) is 11.8. The predicted octanol–water partition coefficient (Wildman–Crippen LogP) is 5.13. The molecule has 23 heavy (non-hydrogen) atoms. The van der Waals surface area contributed by atoms with Crippen molar-refractivity contribution in [2.24, 2.45) is 0 Å². The molecule has 2 aromatic carbocycles. The number of benzene rings is 2. The third kappa shape index (κ3) is 4.60. The summed E-state index contributed by atoms with van der Waals surface area (Å²) in [5, 5.41) is 4.01. The molecule has 0 bridgehead atoms. The number of ether oxygens (including phenoxy) is 2. The minimum Gasteiger partial charge on any atom is -0.487 e. The molecule has 0 saturated heterocycles. The molecule has 5 heteroatoms. The number of rotatable bonds is 5. The van der Waals surface area contributed by atoms with E-state index in [0.29, 0.717) is 22.6 Å². The first-order valence-electron chi connectivity index (χ1n) is 7.39. The molecule has 1 N–H and O–H groups in total. The predicted molar refractivity (Wildman–Crippen MR) is 99.6 cm³/mol. The lowest BCUT2D eigenvalue weighted by Crippen LogP contribution is -2.13. The van der Waals surface area contributed by atoms with Crippen molar-refractivity contribution in [1.82, 2.24) is 0 Å². The molecule has 3 nitrogen and oxygen atoms in total. The molecule has 122 valence electrons. The smallest absolute Gasteiger partial charge is 0.260 e. The van der Waals surface area contributed by atoms with Crippen molar-refractivity contribution in [3.8, 4) is 5.75 Å². The van der Waals surface area contributed by atoms with Gasteiger partial charge in [0.05, 0.1) is 12.1 Å². The monoisotopic (exact) mass is 349 g/mol. The maximum absolute atomic E-state index is 6.28. The molecule has 0 spiro atoms. The standard InChI is InChI=1S/C18H20ClNO2S/c1-4-13-8-9-17(15(19)10-13)22-11-14-12(2)6-5-7-16(14)20-18(23)21-3/h5-10H,4,11H2,1-3H3,(H,20,23). The van der Waals surface area contributed by atoms with E-state index in [1.165, 1.54) is 12.7 Å². The Morgan fingerprint density at radius 2 is 2.04 bits per heavy atom. The topological polar surface area (TPSA) is 30.5 Å². The van der Waals surface area contributed by atoms with E-state index in [2.05, 4.69) is 12.2 Å². The quantitative estimate of drug-likeness (QED) is 0.758. The van der Waals surface area contributed by atoms with Crippen LogP contribution in [0.5, 0.6) is 5.75 Å². The Labute approximate surface area is 147 Å². The van der Waals surface area contributed by atoms with Crippen molar-refractivity contribution in [3.63, 3.8) is 0 Å². The normalized spacial score (nSPS) is 10.3. The van der Waals surface area contributed by atoms with Crippen LogP contribution in [0.3, 0.4) is 0 Å². The summed E-state index contributed by atoms with van der Waals surface area (Å²) in [5.74, 6) is 0.674. The zero-order valence-corrected chi connectivity index (χ0v) is 15.1. The van der Waals surface area contributed by atoms with Gasteiger partial charge in [-0.2, -0.15) is 0 Å². The van der Waals surface area contributed by atoms with Crippen LogP contribution in [0.25, 0.3) is 0 Å². The Bertz CT molecular complexity index is 703. The minimum atomic E-state index is 0.321. The van der Waals surface area contributed by atoms with E-state index in [0.717, 1.165) is 23.2 Å². The van der Waals surface area contributed by atoms with Crippen molar-refractivity contribution in [2.75, 3.05) is 12.4 Å². The SMILES string of the molecule is CCc1ccc(OCc2c(C)cccc2NC(=S)OC)c(Cl)c1. The zero-order valence-electron chi connectivity index (χ0n) is 13.5. The number of hydrogen-bond acceptors (Lipinski definition) is 3. The highest BCUT2D eigenvalue weighted by atomic mass is 35.5. The number of methoxy groups -OCH3 is 1. The van der Waals surface area contributed by atoms with E-state index in [4.69, 9.17) is 33.3 Å². The average Bonchev–Trinajstić information content (AvgIpc) is 2.55. The minimum absolute atomic E-state index is 0.321. The summed E-state index contributed by atoms with van der Waals surface area (Å²) in [6.45, 7) is 4.52. The van der Waals surface area contributed by atoms with Gasteiger partial charge >= 0.3 is 0 Å². The first kappa shape index (κ1) is 17.6. The number of nitrogens with one attached hydrogen (secondary N) is 1. The average molecular weight is 350 g/mol. The van der Waals surface area contributed by atoms with E-state index >= 15 is 0 Å². The molecule has 0 amide bonds. The number of halogens is 1. The summed E-state index contributed by atoms with van der Waals surface area (Å²) in [5.41, 5.74) is 4.18. The number of aryl methyl sites for hydroxylation is 2. The van der Waals surface area contributed by atoms with Gasteiger partial charge < -0.3 is 14.8 Å². The molecule has 0 unspecified atom stereocenters. The molecular formula is C18H20ClNO2S. The van der Waals surface area contributed by atoms with Crippen LogP contribution >= 0.6 is 23.8 Å². The lowest BCUT2D eigenvalue weighted by Gasteiger charge is -2.16. The van der Waals surface area contributed by atoms with Gasteiger partial charge in [0.25, 0.3) is 5.17 Å². The van der Waals surface area contributed by atoms with Gasteiger partial charge in [-0.05, 0) is 54.9 Å². The third-order valence-corrected chi connectivity index (χ3v) is 4.17. The highest BCUT2D eigenvalue weighted by Gasteiger charge is 2.10. The van der Waals surface area contributed by atoms with E-state index in [-0.39, 0.29) is 0 Å². The summed E-state index contributed by atoms with van der Waals surface area (Å²) < 4.78 is 10.9. The Morgan fingerprint density at radius 1 is 1.26 bits per heavy atom. The number of anilines is 1. The molecule has 0 saturated carbocycles. The van der Waals surface area contributed by atoms with Gasteiger partial charge in [0.2, 0.25) is 0 Å². The van der Waals surface area contributed by atoms with Gasteiger partial charge in [0.15, 0.2) is 0 Å². The van der Waals surface area contributed by atoms with Crippen molar-refractivity contribution in [1.29, 1.82) is 0 Å². The van der Waals surface area contributed by atoms with E-state index in [1.54, 1.807) is 0 Å². The van der Waals surface area contributed by atoms with Crippen LogP contribution in [0.4, 0.5) is 5.69 Å². The van der Waals surface area contributed by atoms with Crippen molar-refractivity contribution >= 4 is 34.7 Å². The lowest BCUT2D eigenvalue weighted by molar-refractivity contribution is 0.306. The zero-order chi connectivity index (χ0) is 16.8. The van der Waals surface area contributed by atoms with Gasteiger partial charge in [-0.1, -0.05) is 36.7 Å². The summed E-state index contributed by atoms with van der Waals surface area (Å²) >= 11 is 11.4. The molecule has 0 aromatic heterocycles. The second kappa shape index (κ2) is 8.18. The van der Waals surface area contributed by atoms with E-state index < -0.39 is 0 Å². The van der Waals surface area contributed by atoms with Gasteiger partial charge in [0, 0.05) is 11.3 Å².